The van der Waals surface area contributed by atoms with Crippen LogP contribution >= 0.6 is 0 Å². The average molecular weight is 356 g/mol. The number of fused-ring (bicyclic) bond motifs is 5. The van der Waals surface area contributed by atoms with E-state index in [1.165, 1.54) is 18.4 Å². The van der Waals surface area contributed by atoms with Crippen LogP contribution in [0, 0.1) is 17.3 Å². The fourth-order valence-corrected chi connectivity index (χ4v) is 5.99. The molecule has 3 aliphatic carbocycles. The number of ether oxygens (including phenoxy) is 1. The van der Waals surface area contributed by atoms with Gasteiger partial charge in [0.25, 0.3) is 0 Å². The molecule has 142 valence electrons. The van der Waals surface area contributed by atoms with Crippen molar-refractivity contribution in [3.8, 4) is 5.75 Å². The highest BCUT2D eigenvalue weighted by Gasteiger charge is 2.54. The molecule has 0 bridgehead atoms. The van der Waals surface area contributed by atoms with E-state index in [2.05, 4.69) is 44.1 Å². The van der Waals surface area contributed by atoms with Crippen LogP contribution in [0.1, 0.15) is 62.5 Å². The van der Waals surface area contributed by atoms with Gasteiger partial charge in [-0.3, -0.25) is 4.79 Å². The molecule has 0 aliphatic heterocycles. The second-order valence-corrected chi connectivity index (χ2v) is 9.20. The van der Waals surface area contributed by atoms with Crippen LogP contribution in [0.25, 0.3) is 0 Å². The summed E-state index contributed by atoms with van der Waals surface area (Å²) in [6.45, 7) is 4.10. The summed E-state index contributed by atoms with van der Waals surface area (Å²) in [4.78, 5) is 14.6. The molecule has 2 fully saturated rings. The van der Waals surface area contributed by atoms with E-state index < -0.39 is 0 Å². The highest BCUT2D eigenvalue weighted by atomic mass is 16.5. The number of ketones is 1. The molecule has 0 N–H and O–H groups in total. The second kappa shape index (κ2) is 6.99. The molecular formula is C23H33NO2. The van der Waals surface area contributed by atoms with E-state index in [1.807, 2.05) is 0 Å². The van der Waals surface area contributed by atoms with Gasteiger partial charge in [0.2, 0.25) is 0 Å². The quantitative estimate of drug-likeness (QED) is 0.731. The molecule has 4 rings (SSSR count). The molecule has 2 saturated carbocycles. The van der Waals surface area contributed by atoms with Crippen LogP contribution in [0.5, 0.6) is 5.75 Å². The standard InChI is InChI=1S/C23H33NO2/c1-23-12-11-19-18-8-6-17(26-14-4-13-24(2)3)15-16(18)5-7-20(19)21(23)9-10-22(23)25/h6,8,15,19-21H,4-5,7,9-14H2,1-3H3/t19-,20-,21+,23+/m1/s1. The van der Waals surface area contributed by atoms with Crippen molar-refractivity contribution < 1.29 is 9.53 Å². The zero-order valence-electron chi connectivity index (χ0n) is 16.6. The topological polar surface area (TPSA) is 29.5 Å². The normalized spacial score (nSPS) is 32.9. The van der Waals surface area contributed by atoms with Crippen molar-refractivity contribution in [2.24, 2.45) is 17.3 Å². The minimum atomic E-state index is -0.0197. The van der Waals surface area contributed by atoms with Crippen molar-refractivity contribution in [3.05, 3.63) is 29.3 Å². The SMILES string of the molecule is CN(C)CCCOc1ccc2c(c1)CC[C@@H]1[C@@H]2CC[C@]2(C)C(=O)CC[C@@H]12. The minimum Gasteiger partial charge on any atom is -0.494 e. The van der Waals surface area contributed by atoms with E-state index in [1.54, 1.807) is 5.56 Å². The number of nitrogens with zero attached hydrogens (tertiary/aromatic N) is 1. The summed E-state index contributed by atoms with van der Waals surface area (Å²) < 4.78 is 5.99. The van der Waals surface area contributed by atoms with E-state index in [0.29, 0.717) is 23.5 Å². The highest BCUT2D eigenvalue weighted by Crippen LogP contribution is 2.59. The smallest absolute Gasteiger partial charge is 0.139 e. The van der Waals surface area contributed by atoms with Crippen LogP contribution in [-0.2, 0) is 11.2 Å². The average Bonchev–Trinajstić information content (AvgIpc) is 2.93. The maximum atomic E-state index is 12.4. The van der Waals surface area contributed by atoms with E-state index in [4.69, 9.17) is 4.74 Å². The molecule has 26 heavy (non-hydrogen) atoms. The molecule has 0 heterocycles. The zero-order chi connectivity index (χ0) is 18.3. The Kier molecular flexibility index (Phi) is 4.85. The predicted molar refractivity (Wildman–Crippen MR) is 105 cm³/mol. The molecule has 3 nitrogen and oxygen atoms in total. The highest BCUT2D eigenvalue weighted by molar-refractivity contribution is 5.87. The Hall–Kier alpha value is -1.35. The Morgan fingerprint density at radius 1 is 1.19 bits per heavy atom. The summed E-state index contributed by atoms with van der Waals surface area (Å²) in [6, 6.07) is 6.78. The third-order valence-electron chi connectivity index (χ3n) is 7.43. The van der Waals surface area contributed by atoms with Crippen LogP contribution in [0.3, 0.4) is 0 Å². The Bertz CT molecular complexity index is 683. The number of carbonyl (C=O) groups is 1. The van der Waals surface area contributed by atoms with E-state index in [0.717, 1.165) is 51.0 Å². The Morgan fingerprint density at radius 2 is 2.04 bits per heavy atom. The number of benzene rings is 1. The molecule has 3 aliphatic rings. The first-order chi connectivity index (χ1) is 12.5. The maximum absolute atomic E-state index is 12.4. The van der Waals surface area contributed by atoms with Crippen molar-refractivity contribution in [3.63, 3.8) is 0 Å². The van der Waals surface area contributed by atoms with Gasteiger partial charge in [0.05, 0.1) is 6.61 Å². The van der Waals surface area contributed by atoms with Crippen molar-refractivity contribution in [2.45, 2.75) is 57.8 Å². The van der Waals surface area contributed by atoms with E-state index in [-0.39, 0.29) is 5.41 Å². The van der Waals surface area contributed by atoms with Gasteiger partial charge < -0.3 is 9.64 Å². The summed E-state index contributed by atoms with van der Waals surface area (Å²) in [5.74, 6) is 3.54. The summed E-state index contributed by atoms with van der Waals surface area (Å²) in [5.41, 5.74) is 3.02. The maximum Gasteiger partial charge on any atom is 0.139 e. The van der Waals surface area contributed by atoms with Crippen molar-refractivity contribution in [1.82, 2.24) is 4.90 Å². The van der Waals surface area contributed by atoms with E-state index in [9.17, 15) is 4.79 Å². The van der Waals surface area contributed by atoms with Crippen molar-refractivity contribution in [1.29, 1.82) is 0 Å². The molecule has 3 heteroatoms. The Labute approximate surface area is 158 Å². The van der Waals surface area contributed by atoms with Gasteiger partial charge >= 0.3 is 0 Å². The Balaban J connectivity index is 1.46. The lowest BCUT2D eigenvalue weighted by Gasteiger charge is -2.48. The number of carbonyl (C=O) groups excluding carboxylic acids is 1. The fourth-order valence-electron chi connectivity index (χ4n) is 5.99. The molecule has 1 aromatic carbocycles. The lowest BCUT2D eigenvalue weighted by Crippen LogP contribution is -2.42. The van der Waals surface area contributed by atoms with Crippen LogP contribution in [0.4, 0.5) is 0 Å². The Morgan fingerprint density at radius 3 is 2.85 bits per heavy atom. The van der Waals surface area contributed by atoms with Crippen molar-refractivity contribution in [2.75, 3.05) is 27.2 Å². The first kappa shape index (κ1) is 18.0. The van der Waals surface area contributed by atoms with Gasteiger partial charge in [0.1, 0.15) is 11.5 Å². The molecular weight excluding hydrogens is 322 g/mol. The number of hydrogen-bond donors (Lipinski definition) is 0. The second-order valence-electron chi connectivity index (χ2n) is 9.20. The zero-order valence-corrected chi connectivity index (χ0v) is 16.6. The molecule has 0 unspecified atom stereocenters. The molecule has 4 atom stereocenters. The molecule has 0 spiro atoms. The van der Waals surface area contributed by atoms with Gasteiger partial charge in [-0.25, -0.2) is 0 Å². The van der Waals surface area contributed by atoms with Gasteiger partial charge in [-0.15, -0.1) is 0 Å². The van der Waals surface area contributed by atoms with Gasteiger partial charge in [0, 0.05) is 18.4 Å². The van der Waals surface area contributed by atoms with Crippen molar-refractivity contribution >= 4 is 5.78 Å². The summed E-state index contributed by atoms with van der Waals surface area (Å²) in [5, 5.41) is 0. The lowest BCUT2D eigenvalue weighted by molar-refractivity contribution is -0.129. The third-order valence-corrected chi connectivity index (χ3v) is 7.43. The van der Waals surface area contributed by atoms with Gasteiger partial charge in [-0.2, -0.15) is 0 Å². The number of aryl methyl sites for hydroxylation is 1. The minimum absolute atomic E-state index is 0.0197. The summed E-state index contributed by atoms with van der Waals surface area (Å²) >= 11 is 0. The van der Waals surface area contributed by atoms with E-state index >= 15 is 0 Å². The number of hydrogen-bond acceptors (Lipinski definition) is 3. The van der Waals surface area contributed by atoms with Crippen LogP contribution in [0.2, 0.25) is 0 Å². The van der Waals surface area contributed by atoms with Gasteiger partial charge in [0.15, 0.2) is 0 Å². The first-order valence-corrected chi connectivity index (χ1v) is 10.4. The van der Waals surface area contributed by atoms with Crippen LogP contribution in [0.15, 0.2) is 18.2 Å². The fraction of sp³-hybridized carbons (Fsp3) is 0.696. The van der Waals surface area contributed by atoms with Gasteiger partial charge in [-0.05, 0) is 93.6 Å². The molecule has 0 radical (unpaired) electrons. The number of rotatable bonds is 5. The largest absolute Gasteiger partial charge is 0.494 e. The molecule has 0 saturated heterocycles. The monoisotopic (exact) mass is 355 g/mol. The molecule has 0 aromatic heterocycles. The predicted octanol–water partition coefficient (Wildman–Crippen LogP) is 4.44. The summed E-state index contributed by atoms with van der Waals surface area (Å²) in [6.07, 6.45) is 7.65. The lowest BCUT2D eigenvalue weighted by atomic mass is 9.55. The van der Waals surface area contributed by atoms with Crippen LogP contribution < -0.4 is 4.74 Å². The summed E-state index contributed by atoms with van der Waals surface area (Å²) in [7, 11) is 4.20. The van der Waals surface area contributed by atoms with Gasteiger partial charge in [-0.1, -0.05) is 13.0 Å². The molecule has 0 amide bonds. The third kappa shape index (κ3) is 3.09. The number of Topliss-reactive ketones (excluding diaryl/α,β-unsaturated/α-hetero) is 1. The molecule has 1 aromatic rings. The van der Waals surface area contributed by atoms with Crippen LogP contribution in [-0.4, -0.2) is 37.9 Å². The first-order valence-electron chi connectivity index (χ1n) is 10.4.